The topological polar surface area (TPSA) is 132 Å². The lowest BCUT2D eigenvalue weighted by Crippen LogP contribution is -2.25. The molecule has 0 aliphatic heterocycles. The summed E-state index contributed by atoms with van der Waals surface area (Å²) in [7, 11) is -4.14. The van der Waals surface area contributed by atoms with Gasteiger partial charge in [-0.1, -0.05) is 11.6 Å². The molecule has 2 aromatic carbocycles. The third kappa shape index (κ3) is 2.99. The van der Waals surface area contributed by atoms with Gasteiger partial charge in [0.15, 0.2) is 5.58 Å². The number of aromatic amines is 1. The summed E-state index contributed by atoms with van der Waals surface area (Å²) in [6, 6.07) is 7.30. The molecule has 0 spiro atoms. The first-order valence-corrected chi connectivity index (χ1v) is 8.29. The Morgan fingerprint density at radius 1 is 1.21 bits per heavy atom. The number of aromatic nitrogens is 1. The van der Waals surface area contributed by atoms with E-state index in [2.05, 4.69) is 9.71 Å². The minimum Gasteiger partial charge on any atom is -0.545 e. The number of hydrogen-bond donors (Lipinski definition) is 2. The number of aromatic carboxylic acids is 1. The third-order valence-corrected chi connectivity index (χ3v) is 4.75. The monoisotopic (exact) mass is 367 g/mol. The van der Waals surface area contributed by atoms with Crippen LogP contribution in [0, 0.1) is 0 Å². The molecule has 0 aliphatic rings. The van der Waals surface area contributed by atoms with Crippen molar-refractivity contribution in [2.75, 3.05) is 4.72 Å². The summed E-state index contributed by atoms with van der Waals surface area (Å²) in [6.07, 6.45) is 0. The number of sulfonamides is 1. The standard InChI is InChI=1S/C14H9ClN2O6S/c15-7-1-3-9(13(18)19)11(5-7)17-24(21,22)8-2-4-10-12(6-8)23-14(20)16-10/h1-6,17H,(H,16,20)(H,18,19)/p-1. The molecule has 24 heavy (non-hydrogen) atoms. The first-order chi connectivity index (χ1) is 11.3. The second kappa shape index (κ2) is 5.69. The number of nitrogens with one attached hydrogen (secondary N) is 2. The number of hydrogen-bond acceptors (Lipinski definition) is 6. The van der Waals surface area contributed by atoms with Crippen LogP contribution in [0.25, 0.3) is 11.1 Å². The van der Waals surface area contributed by atoms with Crippen LogP contribution in [-0.4, -0.2) is 19.4 Å². The third-order valence-electron chi connectivity index (χ3n) is 3.15. The zero-order valence-corrected chi connectivity index (χ0v) is 13.3. The fourth-order valence-electron chi connectivity index (χ4n) is 2.08. The molecule has 2 N–H and O–H groups in total. The Kier molecular flexibility index (Phi) is 3.82. The summed E-state index contributed by atoms with van der Waals surface area (Å²) in [5.41, 5.74) is -0.221. The van der Waals surface area contributed by atoms with Crippen molar-refractivity contribution in [2.24, 2.45) is 0 Å². The van der Waals surface area contributed by atoms with Crippen LogP contribution in [0.1, 0.15) is 10.4 Å². The van der Waals surface area contributed by atoms with E-state index in [0.29, 0.717) is 5.52 Å². The van der Waals surface area contributed by atoms with Crippen molar-refractivity contribution < 1.29 is 22.7 Å². The molecular formula is C14H8ClN2O6S-. The van der Waals surface area contributed by atoms with E-state index in [0.717, 1.165) is 18.2 Å². The van der Waals surface area contributed by atoms with E-state index in [1.54, 1.807) is 0 Å². The lowest BCUT2D eigenvalue weighted by molar-refractivity contribution is -0.254. The number of fused-ring (bicyclic) bond motifs is 1. The molecule has 0 saturated heterocycles. The molecule has 0 amide bonds. The van der Waals surface area contributed by atoms with E-state index in [9.17, 15) is 23.1 Å². The molecule has 1 aromatic heterocycles. The number of carboxylic acids is 1. The van der Waals surface area contributed by atoms with E-state index >= 15 is 0 Å². The van der Waals surface area contributed by atoms with Crippen LogP contribution >= 0.6 is 11.6 Å². The average Bonchev–Trinajstić information content (AvgIpc) is 2.85. The normalized spacial score (nSPS) is 11.5. The summed E-state index contributed by atoms with van der Waals surface area (Å²) in [5.74, 6) is -2.28. The lowest BCUT2D eigenvalue weighted by Gasteiger charge is -2.13. The van der Waals surface area contributed by atoms with Crippen molar-refractivity contribution in [1.29, 1.82) is 0 Å². The van der Waals surface area contributed by atoms with Gasteiger partial charge >= 0.3 is 5.76 Å². The van der Waals surface area contributed by atoms with E-state index in [1.165, 1.54) is 18.2 Å². The Labute approximate surface area is 139 Å². The second-order valence-corrected chi connectivity index (χ2v) is 6.87. The summed E-state index contributed by atoms with van der Waals surface area (Å²) in [4.78, 5) is 24.4. The number of rotatable bonds is 4. The molecule has 3 rings (SSSR count). The Hall–Kier alpha value is -2.78. The lowest BCUT2D eigenvalue weighted by atomic mass is 10.2. The van der Waals surface area contributed by atoms with E-state index < -0.39 is 21.7 Å². The van der Waals surface area contributed by atoms with Gasteiger partial charge in [-0.25, -0.2) is 13.2 Å². The van der Waals surface area contributed by atoms with Crippen molar-refractivity contribution in [2.45, 2.75) is 4.90 Å². The molecule has 1 heterocycles. The number of oxazole rings is 1. The Morgan fingerprint density at radius 2 is 1.96 bits per heavy atom. The van der Waals surface area contributed by atoms with Gasteiger partial charge in [0.05, 0.1) is 22.1 Å². The zero-order chi connectivity index (χ0) is 17.5. The molecule has 0 radical (unpaired) electrons. The maximum absolute atomic E-state index is 12.4. The molecule has 8 nitrogen and oxygen atoms in total. The van der Waals surface area contributed by atoms with Crippen molar-refractivity contribution in [3.8, 4) is 0 Å². The van der Waals surface area contributed by atoms with Crippen LogP contribution < -0.4 is 15.6 Å². The van der Waals surface area contributed by atoms with Gasteiger partial charge in [-0.2, -0.15) is 0 Å². The van der Waals surface area contributed by atoms with Crippen molar-refractivity contribution in [3.63, 3.8) is 0 Å². The van der Waals surface area contributed by atoms with Crippen LogP contribution in [0.4, 0.5) is 5.69 Å². The van der Waals surface area contributed by atoms with Gasteiger partial charge in [0.2, 0.25) is 0 Å². The largest absolute Gasteiger partial charge is 0.545 e. The Morgan fingerprint density at radius 3 is 2.67 bits per heavy atom. The van der Waals surface area contributed by atoms with Gasteiger partial charge in [0.25, 0.3) is 10.0 Å². The predicted octanol–water partition coefficient (Wildman–Crippen LogP) is 0.939. The van der Waals surface area contributed by atoms with Crippen molar-refractivity contribution in [1.82, 2.24) is 4.98 Å². The van der Waals surface area contributed by atoms with Gasteiger partial charge in [-0.05, 0) is 30.3 Å². The SMILES string of the molecule is O=C([O-])c1ccc(Cl)cc1NS(=O)(=O)c1ccc2[nH]c(=O)oc2c1. The highest BCUT2D eigenvalue weighted by atomic mass is 35.5. The van der Waals surface area contributed by atoms with Crippen LogP contribution in [0.5, 0.6) is 0 Å². The maximum Gasteiger partial charge on any atom is 0.417 e. The van der Waals surface area contributed by atoms with E-state index in [-0.39, 0.29) is 26.8 Å². The van der Waals surface area contributed by atoms with Gasteiger partial charge < -0.3 is 14.3 Å². The van der Waals surface area contributed by atoms with E-state index in [4.69, 9.17) is 16.0 Å². The molecule has 3 aromatic rings. The first kappa shape index (κ1) is 16.1. The summed E-state index contributed by atoms with van der Waals surface area (Å²) in [6.45, 7) is 0. The fraction of sp³-hybridized carbons (Fsp3) is 0. The number of H-pyrrole nitrogens is 1. The summed E-state index contributed by atoms with van der Waals surface area (Å²) < 4.78 is 31.8. The number of anilines is 1. The molecule has 124 valence electrons. The van der Waals surface area contributed by atoms with E-state index in [1.807, 2.05) is 0 Å². The minimum atomic E-state index is -4.14. The van der Waals surface area contributed by atoms with Crippen LogP contribution in [0.2, 0.25) is 5.02 Å². The highest BCUT2D eigenvalue weighted by Crippen LogP contribution is 2.25. The molecule has 0 fully saturated rings. The fourth-order valence-corrected chi connectivity index (χ4v) is 3.33. The van der Waals surface area contributed by atoms with Crippen LogP contribution in [0.15, 0.2) is 50.5 Å². The van der Waals surface area contributed by atoms with Crippen LogP contribution in [0.3, 0.4) is 0 Å². The molecule has 10 heteroatoms. The number of halogens is 1. The van der Waals surface area contributed by atoms with Crippen LogP contribution in [-0.2, 0) is 10.0 Å². The number of benzene rings is 2. The first-order valence-electron chi connectivity index (χ1n) is 6.43. The highest BCUT2D eigenvalue weighted by Gasteiger charge is 2.18. The molecule has 0 atom stereocenters. The molecule has 0 bridgehead atoms. The van der Waals surface area contributed by atoms with Gasteiger partial charge in [0, 0.05) is 16.7 Å². The number of carboxylic acid groups (broad SMARTS) is 1. The van der Waals surface area contributed by atoms with Crippen molar-refractivity contribution in [3.05, 3.63) is 57.5 Å². The Balaban J connectivity index is 2.06. The summed E-state index contributed by atoms with van der Waals surface area (Å²) in [5, 5.41) is 11.2. The molecule has 0 aliphatic carbocycles. The number of carbonyl (C=O) groups excluding carboxylic acids is 1. The smallest absolute Gasteiger partial charge is 0.417 e. The Bertz CT molecular complexity index is 1120. The van der Waals surface area contributed by atoms with Gasteiger partial charge in [-0.3, -0.25) is 9.71 Å². The van der Waals surface area contributed by atoms with Gasteiger partial charge in [-0.15, -0.1) is 0 Å². The molecular weight excluding hydrogens is 360 g/mol. The highest BCUT2D eigenvalue weighted by molar-refractivity contribution is 7.92. The minimum absolute atomic E-state index is 0.0501. The second-order valence-electron chi connectivity index (χ2n) is 4.76. The zero-order valence-electron chi connectivity index (χ0n) is 11.7. The molecule has 0 saturated carbocycles. The predicted molar refractivity (Wildman–Crippen MR) is 83.4 cm³/mol. The van der Waals surface area contributed by atoms with Crippen molar-refractivity contribution >= 4 is 44.4 Å². The van der Waals surface area contributed by atoms with Gasteiger partial charge in [0.1, 0.15) is 0 Å². The number of carbonyl (C=O) groups is 1. The average molecular weight is 368 g/mol. The quantitative estimate of drug-likeness (QED) is 0.705. The maximum atomic E-state index is 12.4. The molecule has 0 unspecified atom stereocenters. The summed E-state index contributed by atoms with van der Waals surface area (Å²) >= 11 is 5.78.